The average molecular weight is 382 g/mol. The maximum absolute atomic E-state index is 12.5. The minimum atomic E-state index is -4.83. The Morgan fingerprint density at radius 1 is 0.926 bits per heavy atom. The summed E-state index contributed by atoms with van der Waals surface area (Å²) in [6, 6.07) is 5.25. The fraction of sp³-hybridized carbons (Fsp3) is 0.412. The van der Waals surface area contributed by atoms with Gasteiger partial charge in [0, 0.05) is 17.9 Å². The van der Waals surface area contributed by atoms with Crippen molar-refractivity contribution >= 4 is 12.6 Å². The Morgan fingerprint density at radius 3 is 1.96 bits per heavy atom. The zero-order valence-electron chi connectivity index (χ0n) is 15.2. The zero-order valence-corrected chi connectivity index (χ0v) is 15.2. The summed E-state index contributed by atoms with van der Waals surface area (Å²) in [5.74, 6) is -0.637. The highest BCUT2D eigenvalue weighted by molar-refractivity contribution is 6.61. The molecule has 2 heterocycles. The van der Waals surface area contributed by atoms with E-state index in [1.54, 1.807) is 0 Å². The molecule has 0 atom stereocenters. The molecule has 0 radical (unpaired) electrons. The molecule has 2 aromatic rings. The van der Waals surface area contributed by atoms with Gasteiger partial charge in [0.15, 0.2) is 11.5 Å². The van der Waals surface area contributed by atoms with Crippen LogP contribution in [-0.4, -0.2) is 34.7 Å². The first kappa shape index (κ1) is 19.4. The van der Waals surface area contributed by atoms with Crippen molar-refractivity contribution in [2.75, 3.05) is 0 Å². The largest absolute Gasteiger partial charge is 0.573 e. The molecule has 1 aliphatic heterocycles. The van der Waals surface area contributed by atoms with Crippen LogP contribution in [0.2, 0.25) is 0 Å². The van der Waals surface area contributed by atoms with Gasteiger partial charge in [-0.2, -0.15) is 0 Å². The van der Waals surface area contributed by atoms with E-state index in [0.29, 0.717) is 5.46 Å². The van der Waals surface area contributed by atoms with Gasteiger partial charge in [0.2, 0.25) is 0 Å². The number of aromatic nitrogens is 2. The van der Waals surface area contributed by atoms with Gasteiger partial charge >= 0.3 is 19.5 Å². The Morgan fingerprint density at radius 2 is 1.44 bits per heavy atom. The summed E-state index contributed by atoms with van der Waals surface area (Å²) in [7, 11) is -0.648. The first-order chi connectivity index (χ1) is 12.5. The van der Waals surface area contributed by atoms with Crippen LogP contribution in [0.3, 0.4) is 0 Å². The maximum Gasteiger partial charge on any atom is 0.573 e. The van der Waals surface area contributed by atoms with E-state index >= 15 is 0 Å². The summed E-state index contributed by atoms with van der Waals surface area (Å²) in [6.45, 7) is 7.68. The second kappa shape index (κ2) is 6.68. The number of nitrogens with zero attached hydrogens (tertiary/aromatic N) is 2. The van der Waals surface area contributed by atoms with Crippen molar-refractivity contribution < 1.29 is 32.0 Å². The Labute approximate surface area is 154 Å². The Bertz CT molecular complexity index is 797. The van der Waals surface area contributed by atoms with E-state index in [0.717, 1.165) is 6.07 Å². The average Bonchev–Trinajstić information content (AvgIpc) is 2.77. The van der Waals surface area contributed by atoms with Crippen molar-refractivity contribution in [3.63, 3.8) is 0 Å². The van der Waals surface area contributed by atoms with Gasteiger partial charge in [0.25, 0.3) is 0 Å². The third-order valence-electron chi connectivity index (χ3n) is 4.45. The van der Waals surface area contributed by atoms with E-state index in [1.807, 2.05) is 27.7 Å². The lowest BCUT2D eigenvalue weighted by Gasteiger charge is -2.32. The van der Waals surface area contributed by atoms with Crippen molar-refractivity contribution in [3.05, 3.63) is 36.7 Å². The number of ether oxygens (including phenoxy) is 2. The molecule has 27 heavy (non-hydrogen) atoms. The molecular formula is C17H18BF3N2O4. The number of alkyl halides is 3. The van der Waals surface area contributed by atoms with Crippen molar-refractivity contribution in [3.8, 4) is 17.5 Å². The number of para-hydroxylation sites is 2. The van der Waals surface area contributed by atoms with E-state index in [4.69, 9.17) is 14.0 Å². The summed E-state index contributed by atoms with van der Waals surface area (Å²) in [5, 5.41) is 0. The van der Waals surface area contributed by atoms with Gasteiger partial charge < -0.3 is 18.8 Å². The molecule has 0 spiro atoms. The molecule has 0 bridgehead atoms. The predicted molar refractivity (Wildman–Crippen MR) is 90.9 cm³/mol. The lowest BCUT2D eigenvalue weighted by atomic mass is 9.81. The lowest BCUT2D eigenvalue weighted by molar-refractivity contribution is -0.275. The van der Waals surface area contributed by atoms with Gasteiger partial charge in [-0.1, -0.05) is 12.1 Å². The summed E-state index contributed by atoms with van der Waals surface area (Å²) in [6.07, 6.45) is -1.95. The highest BCUT2D eigenvalue weighted by Crippen LogP contribution is 2.37. The molecular weight excluding hydrogens is 364 g/mol. The summed E-state index contributed by atoms with van der Waals surface area (Å²) >= 11 is 0. The normalized spacial score (nSPS) is 18.4. The number of benzene rings is 1. The number of hydrogen-bond acceptors (Lipinski definition) is 6. The van der Waals surface area contributed by atoms with Gasteiger partial charge in [0.05, 0.1) is 11.2 Å². The molecule has 0 unspecified atom stereocenters. The van der Waals surface area contributed by atoms with Crippen LogP contribution in [-0.2, 0) is 9.31 Å². The molecule has 0 N–H and O–H groups in total. The van der Waals surface area contributed by atoms with Crippen LogP contribution in [0.5, 0.6) is 17.5 Å². The maximum atomic E-state index is 12.5. The minimum absolute atomic E-state index is 0.131. The predicted octanol–water partition coefficient (Wildman–Crippen LogP) is 3.47. The molecule has 1 fully saturated rings. The number of hydrogen-bond donors (Lipinski definition) is 0. The monoisotopic (exact) mass is 382 g/mol. The topological polar surface area (TPSA) is 62.7 Å². The van der Waals surface area contributed by atoms with Crippen molar-refractivity contribution in [2.45, 2.75) is 45.3 Å². The summed E-state index contributed by atoms with van der Waals surface area (Å²) < 4.78 is 58.5. The molecule has 1 aliphatic rings. The highest BCUT2D eigenvalue weighted by atomic mass is 19.4. The van der Waals surface area contributed by atoms with Crippen molar-refractivity contribution in [2.24, 2.45) is 0 Å². The van der Waals surface area contributed by atoms with Gasteiger partial charge in [-0.25, -0.2) is 9.97 Å². The minimum Gasteiger partial charge on any atom is -0.420 e. The molecule has 0 aliphatic carbocycles. The van der Waals surface area contributed by atoms with Gasteiger partial charge in [-0.3, -0.25) is 0 Å². The fourth-order valence-corrected chi connectivity index (χ4v) is 2.32. The molecule has 6 nitrogen and oxygen atoms in total. The second-order valence-electron chi connectivity index (χ2n) is 6.98. The standard InChI is InChI=1S/C17H18BF3N2O4/c1-15(2)16(3,4)27-18(26-15)11-9-22-14(23-10-11)24-12-7-5-6-8-13(12)25-17(19,20)21/h5-10H,1-4H3. The van der Waals surface area contributed by atoms with Crippen LogP contribution in [0.15, 0.2) is 36.7 Å². The Kier molecular flexibility index (Phi) is 4.81. The van der Waals surface area contributed by atoms with Crippen molar-refractivity contribution in [1.82, 2.24) is 9.97 Å². The number of rotatable bonds is 4. The van der Waals surface area contributed by atoms with Crippen LogP contribution in [0, 0.1) is 0 Å². The molecule has 144 valence electrons. The lowest BCUT2D eigenvalue weighted by Crippen LogP contribution is -2.41. The SMILES string of the molecule is CC1(C)OB(c2cnc(Oc3ccccc3OC(F)(F)F)nc2)OC1(C)C. The van der Waals surface area contributed by atoms with Gasteiger partial charge in [0.1, 0.15) is 0 Å². The van der Waals surface area contributed by atoms with E-state index < -0.39 is 30.4 Å². The molecule has 1 saturated heterocycles. The van der Waals surface area contributed by atoms with Crippen LogP contribution in [0.1, 0.15) is 27.7 Å². The molecule has 1 aromatic heterocycles. The van der Waals surface area contributed by atoms with Gasteiger partial charge in [-0.15, -0.1) is 13.2 Å². The molecule has 3 rings (SSSR count). The summed E-state index contributed by atoms with van der Waals surface area (Å²) in [5.41, 5.74) is -0.456. The smallest absolute Gasteiger partial charge is 0.420 e. The quantitative estimate of drug-likeness (QED) is 0.755. The summed E-state index contributed by atoms with van der Waals surface area (Å²) in [4.78, 5) is 8.04. The van der Waals surface area contributed by atoms with E-state index in [1.165, 1.54) is 30.6 Å². The fourth-order valence-electron chi connectivity index (χ4n) is 2.32. The first-order valence-electron chi connectivity index (χ1n) is 8.17. The third-order valence-corrected chi connectivity index (χ3v) is 4.45. The third kappa shape index (κ3) is 4.33. The van der Waals surface area contributed by atoms with E-state index in [2.05, 4.69) is 14.7 Å². The van der Waals surface area contributed by atoms with Crippen molar-refractivity contribution in [1.29, 1.82) is 0 Å². The van der Waals surface area contributed by atoms with Gasteiger partial charge in [-0.05, 0) is 39.8 Å². The van der Waals surface area contributed by atoms with E-state index in [-0.39, 0.29) is 11.8 Å². The van der Waals surface area contributed by atoms with Crippen LogP contribution in [0.25, 0.3) is 0 Å². The zero-order chi connectivity index (χ0) is 19.9. The number of halogens is 3. The Balaban J connectivity index is 1.75. The molecule has 0 saturated carbocycles. The van der Waals surface area contributed by atoms with Crippen LogP contribution < -0.4 is 14.9 Å². The first-order valence-corrected chi connectivity index (χ1v) is 8.17. The molecule has 1 aromatic carbocycles. The Hall–Kier alpha value is -2.33. The van der Waals surface area contributed by atoms with E-state index in [9.17, 15) is 13.2 Å². The second-order valence-corrected chi connectivity index (χ2v) is 6.98. The highest BCUT2D eigenvalue weighted by Gasteiger charge is 2.52. The molecule has 0 amide bonds. The van der Waals surface area contributed by atoms with Crippen LogP contribution in [0.4, 0.5) is 13.2 Å². The van der Waals surface area contributed by atoms with Crippen LogP contribution >= 0.6 is 0 Å². The molecule has 10 heteroatoms.